The molecule has 25 heavy (non-hydrogen) atoms. The molecule has 9 heteroatoms. The summed E-state index contributed by atoms with van der Waals surface area (Å²) in [5, 5.41) is 3.84. The van der Waals surface area contributed by atoms with Gasteiger partial charge in [-0.3, -0.25) is 4.79 Å². The summed E-state index contributed by atoms with van der Waals surface area (Å²) in [6.07, 6.45) is 0.549. The molecule has 0 aliphatic rings. The second-order valence-corrected chi connectivity index (χ2v) is 6.00. The quantitative estimate of drug-likeness (QED) is 0.592. The molecule has 0 amide bonds. The van der Waals surface area contributed by atoms with Crippen molar-refractivity contribution in [2.75, 3.05) is 13.2 Å². The van der Waals surface area contributed by atoms with Crippen molar-refractivity contribution in [2.24, 2.45) is 0 Å². The van der Waals surface area contributed by atoms with Gasteiger partial charge in [0, 0.05) is 11.3 Å². The fraction of sp³-hybridized carbons (Fsp3) is 0.438. The molecule has 0 radical (unpaired) electrons. The van der Waals surface area contributed by atoms with Gasteiger partial charge in [0.2, 0.25) is 5.78 Å². The third-order valence-corrected chi connectivity index (χ3v) is 4.35. The maximum Gasteiger partial charge on any atom is 0.355 e. The zero-order valence-corrected chi connectivity index (χ0v) is 15.3. The lowest BCUT2D eigenvalue weighted by molar-refractivity contribution is 0.0476. The Kier molecular flexibility index (Phi) is 6.02. The molecule has 134 valence electrons. The lowest BCUT2D eigenvalue weighted by Gasteiger charge is -2.05. The Hall–Kier alpha value is -2.55. The van der Waals surface area contributed by atoms with E-state index in [4.69, 9.17) is 9.47 Å². The highest BCUT2D eigenvalue weighted by Crippen LogP contribution is 2.20. The van der Waals surface area contributed by atoms with Crippen LogP contribution in [0.25, 0.3) is 0 Å². The molecule has 1 N–H and O–H groups in total. The Morgan fingerprint density at radius 2 is 1.84 bits per heavy atom. The second kappa shape index (κ2) is 8.02. The molecule has 0 saturated heterocycles. The molecule has 8 nitrogen and oxygen atoms in total. The van der Waals surface area contributed by atoms with Crippen molar-refractivity contribution in [3.05, 3.63) is 33.1 Å². The van der Waals surface area contributed by atoms with E-state index in [9.17, 15) is 14.4 Å². The van der Waals surface area contributed by atoms with Crippen molar-refractivity contribution >= 4 is 29.3 Å². The number of aromatic amines is 1. The van der Waals surface area contributed by atoms with Crippen LogP contribution in [0.1, 0.15) is 61.3 Å². The molecular weight excluding hydrogens is 346 g/mol. The first-order chi connectivity index (χ1) is 11.9. The first-order valence-corrected chi connectivity index (χ1v) is 8.55. The van der Waals surface area contributed by atoms with E-state index in [1.165, 1.54) is 0 Å². The van der Waals surface area contributed by atoms with Gasteiger partial charge in [0.25, 0.3) is 0 Å². The third kappa shape index (κ3) is 3.93. The maximum absolute atomic E-state index is 12.4. The molecular formula is C16H19N3O5S. The molecule has 0 spiro atoms. The summed E-state index contributed by atoms with van der Waals surface area (Å²) in [5.41, 5.74) is 2.10. The topological polar surface area (TPSA) is 111 Å². The Labute approximate surface area is 148 Å². The summed E-state index contributed by atoms with van der Waals surface area (Å²) in [7, 11) is 0. The van der Waals surface area contributed by atoms with Gasteiger partial charge in [-0.05, 0) is 44.3 Å². The summed E-state index contributed by atoms with van der Waals surface area (Å²) < 4.78 is 13.8. The number of nitrogens with zero attached hydrogens (tertiary/aromatic N) is 2. The lowest BCUT2D eigenvalue weighted by atomic mass is 10.1. The van der Waals surface area contributed by atoms with E-state index in [2.05, 4.69) is 14.6 Å². The minimum atomic E-state index is -0.628. The number of H-pyrrole nitrogens is 1. The highest BCUT2D eigenvalue weighted by Gasteiger charge is 2.24. The molecule has 2 rings (SSSR count). The van der Waals surface area contributed by atoms with Crippen molar-refractivity contribution in [1.82, 2.24) is 14.6 Å². The first-order valence-electron chi connectivity index (χ1n) is 7.78. The summed E-state index contributed by atoms with van der Waals surface area (Å²) >= 11 is 0.935. The zero-order valence-electron chi connectivity index (χ0n) is 14.5. The predicted molar refractivity (Wildman–Crippen MR) is 90.1 cm³/mol. The van der Waals surface area contributed by atoms with Crippen LogP contribution in [0.3, 0.4) is 0 Å². The number of ether oxygens (including phenoxy) is 2. The van der Waals surface area contributed by atoms with Gasteiger partial charge in [-0.25, -0.2) is 9.59 Å². The molecule has 0 bridgehead atoms. The van der Waals surface area contributed by atoms with Gasteiger partial charge in [-0.2, -0.15) is 0 Å². The summed E-state index contributed by atoms with van der Waals surface area (Å²) in [6, 6.07) is 0. The minimum absolute atomic E-state index is 0.231. The van der Waals surface area contributed by atoms with Gasteiger partial charge in [0.15, 0.2) is 11.5 Å². The minimum Gasteiger partial charge on any atom is -0.461 e. The molecule has 0 fully saturated rings. The van der Waals surface area contributed by atoms with Crippen LogP contribution < -0.4 is 0 Å². The number of rotatable bonds is 7. The van der Waals surface area contributed by atoms with Crippen LogP contribution in [-0.4, -0.2) is 45.5 Å². The van der Waals surface area contributed by atoms with Crippen molar-refractivity contribution in [1.29, 1.82) is 0 Å². The van der Waals surface area contributed by atoms with E-state index < -0.39 is 24.3 Å². The van der Waals surface area contributed by atoms with Crippen LogP contribution in [0, 0.1) is 13.8 Å². The number of aryl methyl sites for hydroxylation is 2. The zero-order chi connectivity index (χ0) is 18.6. The van der Waals surface area contributed by atoms with Crippen LogP contribution in [0.4, 0.5) is 0 Å². The molecule has 0 atom stereocenters. The standard InChI is InChI=1S/C16H19N3O5S/c1-5-10-14(25-19-18-10)16(22)24-7-11(20)12-8(3)13(17-9(12)4)15(21)23-6-2/h17H,5-7H2,1-4H3. The Morgan fingerprint density at radius 1 is 1.12 bits per heavy atom. The molecule has 0 aliphatic heterocycles. The van der Waals surface area contributed by atoms with Gasteiger partial charge >= 0.3 is 11.9 Å². The predicted octanol–water partition coefficient (Wildman–Crippen LogP) is 2.26. The Morgan fingerprint density at radius 3 is 2.48 bits per heavy atom. The number of esters is 2. The molecule has 0 unspecified atom stereocenters. The third-order valence-electron chi connectivity index (χ3n) is 3.61. The van der Waals surface area contributed by atoms with Gasteiger partial charge in [0.05, 0.1) is 12.3 Å². The van der Waals surface area contributed by atoms with Crippen molar-refractivity contribution < 1.29 is 23.9 Å². The number of hydrogen-bond acceptors (Lipinski definition) is 8. The van der Waals surface area contributed by atoms with Crippen LogP contribution in [0.5, 0.6) is 0 Å². The molecule has 0 saturated carbocycles. The fourth-order valence-corrected chi connectivity index (χ4v) is 3.08. The Balaban J connectivity index is 2.11. The number of hydrogen-bond donors (Lipinski definition) is 1. The summed E-state index contributed by atoms with van der Waals surface area (Å²) in [5.74, 6) is -1.55. The number of carbonyl (C=O) groups is 3. The van der Waals surface area contributed by atoms with E-state index in [0.29, 0.717) is 33.8 Å². The highest BCUT2D eigenvalue weighted by atomic mass is 32.1. The summed E-state index contributed by atoms with van der Waals surface area (Å²) in [4.78, 5) is 39.5. The van der Waals surface area contributed by atoms with Gasteiger partial charge in [-0.1, -0.05) is 11.4 Å². The molecule has 0 aromatic carbocycles. The van der Waals surface area contributed by atoms with Crippen LogP contribution in [0.15, 0.2) is 0 Å². The average molecular weight is 365 g/mol. The maximum atomic E-state index is 12.4. The molecule has 2 aromatic heterocycles. The van der Waals surface area contributed by atoms with Crippen LogP contribution >= 0.6 is 11.5 Å². The fourth-order valence-electron chi connectivity index (χ4n) is 2.44. The van der Waals surface area contributed by atoms with E-state index in [0.717, 1.165) is 11.5 Å². The average Bonchev–Trinajstić information content (AvgIpc) is 3.17. The molecule has 2 heterocycles. The van der Waals surface area contributed by atoms with E-state index >= 15 is 0 Å². The lowest BCUT2D eigenvalue weighted by Crippen LogP contribution is -2.16. The second-order valence-electron chi connectivity index (χ2n) is 5.25. The van der Waals surface area contributed by atoms with Gasteiger partial charge in [0.1, 0.15) is 5.69 Å². The molecule has 0 aliphatic carbocycles. The van der Waals surface area contributed by atoms with Gasteiger partial charge in [-0.15, -0.1) is 5.10 Å². The van der Waals surface area contributed by atoms with E-state index in [-0.39, 0.29) is 12.3 Å². The first kappa shape index (κ1) is 18.8. The largest absolute Gasteiger partial charge is 0.461 e. The van der Waals surface area contributed by atoms with Crippen molar-refractivity contribution in [3.8, 4) is 0 Å². The SMILES string of the molecule is CCOC(=O)c1[nH]c(C)c(C(=O)COC(=O)c2snnc2CC)c1C. The van der Waals surface area contributed by atoms with E-state index in [1.54, 1.807) is 20.8 Å². The van der Waals surface area contributed by atoms with Crippen LogP contribution in [0.2, 0.25) is 0 Å². The van der Waals surface area contributed by atoms with Gasteiger partial charge < -0.3 is 14.5 Å². The Bertz CT molecular complexity index is 809. The number of ketones is 1. The molecule has 2 aromatic rings. The smallest absolute Gasteiger partial charge is 0.355 e. The van der Waals surface area contributed by atoms with E-state index in [1.807, 2.05) is 6.92 Å². The normalized spacial score (nSPS) is 10.6. The number of carbonyl (C=O) groups excluding carboxylic acids is 3. The number of aromatic nitrogens is 3. The number of nitrogens with one attached hydrogen (secondary N) is 1. The van der Waals surface area contributed by atoms with Crippen LogP contribution in [-0.2, 0) is 15.9 Å². The number of Topliss-reactive ketones (excluding diaryl/α,β-unsaturated/α-hetero) is 1. The highest BCUT2D eigenvalue weighted by molar-refractivity contribution is 7.07. The van der Waals surface area contributed by atoms with Crippen molar-refractivity contribution in [3.63, 3.8) is 0 Å². The van der Waals surface area contributed by atoms with Crippen molar-refractivity contribution in [2.45, 2.75) is 34.1 Å². The monoisotopic (exact) mass is 365 g/mol. The summed E-state index contributed by atoms with van der Waals surface area (Å²) in [6.45, 7) is 6.68.